The van der Waals surface area contributed by atoms with Crippen LogP contribution in [0.4, 0.5) is 0 Å². The molecule has 72 valence electrons. The molecule has 2 unspecified atom stereocenters. The molecule has 0 aromatic carbocycles. The Labute approximate surface area is 89.4 Å². The minimum absolute atomic E-state index is 0.567. The molecule has 1 aliphatic rings. The fourth-order valence-corrected chi connectivity index (χ4v) is 2.38. The summed E-state index contributed by atoms with van der Waals surface area (Å²) in [5.74, 6) is 0. The second kappa shape index (κ2) is 6.19. The van der Waals surface area contributed by atoms with Crippen molar-refractivity contribution in [3.05, 3.63) is 0 Å². The largest absolute Gasteiger partial charge is 0.374 e. The van der Waals surface area contributed by atoms with E-state index in [-0.39, 0.29) is 0 Å². The van der Waals surface area contributed by atoms with Crippen LogP contribution in [0.15, 0.2) is 0 Å². The zero-order chi connectivity index (χ0) is 8.81. The Morgan fingerprint density at radius 1 is 1.25 bits per heavy atom. The van der Waals surface area contributed by atoms with Gasteiger partial charge in [0.15, 0.2) is 0 Å². The summed E-state index contributed by atoms with van der Waals surface area (Å²) in [5.41, 5.74) is 0. The summed E-state index contributed by atoms with van der Waals surface area (Å²) in [4.78, 5) is 0. The lowest BCUT2D eigenvalue weighted by atomic mass is 10.1. The molecule has 0 saturated carbocycles. The molecule has 0 aliphatic carbocycles. The molecule has 12 heavy (non-hydrogen) atoms. The summed E-state index contributed by atoms with van der Waals surface area (Å²) in [7, 11) is 0. The average molecular weight is 282 g/mol. The first-order valence-corrected chi connectivity index (χ1v) is 6.60. The molecule has 1 saturated heterocycles. The van der Waals surface area contributed by atoms with E-state index in [0.29, 0.717) is 12.2 Å². The Bertz CT molecular complexity index is 116. The fraction of sp³-hybridized carbons (Fsp3) is 1.00. The lowest BCUT2D eigenvalue weighted by Crippen LogP contribution is -2.11. The molecular formula is C10H19IO. The zero-order valence-corrected chi connectivity index (χ0v) is 10.0. The van der Waals surface area contributed by atoms with Gasteiger partial charge in [-0.25, -0.2) is 0 Å². The summed E-state index contributed by atoms with van der Waals surface area (Å²) in [6, 6.07) is 0. The Morgan fingerprint density at radius 3 is 2.58 bits per heavy atom. The van der Waals surface area contributed by atoms with E-state index >= 15 is 0 Å². The van der Waals surface area contributed by atoms with Crippen LogP contribution in [0.1, 0.15) is 45.4 Å². The smallest absolute Gasteiger partial charge is 0.0669 e. The Balaban J connectivity index is 2.03. The maximum Gasteiger partial charge on any atom is 0.0669 e. The van der Waals surface area contributed by atoms with Gasteiger partial charge in [0.1, 0.15) is 0 Å². The number of hydrogen-bond acceptors (Lipinski definition) is 1. The third-order valence-electron chi connectivity index (χ3n) is 2.50. The quantitative estimate of drug-likeness (QED) is 0.425. The van der Waals surface area contributed by atoms with Crippen molar-refractivity contribution in [2.24, 2.45) is 0 Å². The fourth-order valence-electron chi connectivity index (χ4n) is 1.73. The summed E-state index contributed by atoms with van der Waals surface area (Å²) < 4.78 is 7.02. The second-order valence-corrected chi connectivity index (χ2v) is 4.49. The van der Waals surface area contributed by atoms with Gasteiger partial charge in [-0.05, 0) is 19.3 Å². The second-order valence-electron chi connectivity index (χ2n) is 3.61. The number of hydrogen-bond donors (Lipinski definition) is 0. The topological polar surface area (TPSA) is 9.23 Å². The zero-order valence-electron chi connectivity index (χ0n) is 7.89. The van der Waals surface area contributed by atoms with Crippen LogP contribution in [0.2, 0.25) is 0 Å². The van der Waals surface area contributed by atoms with E-state index in [1.54, 1.807) is 0 Å². The van der Waals surface area contributed by atoms with Gasteiger partial charge < -0.3 is 4.74 Å². The Kier molecular flexibility index (Phi) is 5.56. The van der Waals surface area contributed by atoms with Crippen molar-refractivity contribution in [3.63, 3.8) is 0 Å². The maximum absolute atomic E-state index is 5.85. The molecule has 1 aliphatic heterocycles. The first-order valence-electron chi connectivity index (χ1n) is 5.08. The number of halogens is 1. The maximum atomic E-state index is 5.85. The van der Waals surface area contributed by atoms with Gasteiger partial charge in [0.05, 0.1) is 12.2 Å². The van der Waals surface area contributed by atoms with E-state index < -0.39 is 0 Å². The van der Waals surface area contributed by atoms with Gasteiger partial charge in [-0.1, -0.05) is 48.8 Å². The predicted octanol–water partition coefficient (Wildman–Crippen LogP) is 3.55. The van der Waals surface area contributed by atoms with Crippen LogP contribution in [-0.4, -0.2) is 16.6 Å². The monoisotopic (exact) mass is 282 g/mol. The van der Waals surface area contributed by atoms with Gasteiger partial charge in [0.2, 0.25) is 0 Å². The van der Waals surface area contributed by atoms with Crippen LogP contribution in [0.25, 0.3) is 0 Å². The number of unbranched alkanes of at least 4 members (excludes halogenated alkanes) is 2. The highest BCUT2D eigenvalue weighted by molar-refractivity contribution is 14.1. The van der Waals surface area contributed by atoms with E-state index in [0.717, 1.165) is 0 Å². The molecular weight excluding hydrogens is 263 g/mol. The van der Waals surface area contributed by atoms with E-state index in [9.17, 15) is 0 Å². The third-order valence-corrected chi connectivity index (χ3v) is 3.48. The molecule has 1 heterocycles. The molecule has 0 bridgehead atoms. The van der Waals surface area contributed by atoms with Gasteiger partial charge in [0.25, 0.3) is 0 Å². The van der Waals surface area contributed by atoms with Crippen molar-refractivity contribution in [3.8, 4) is 0 Å². The minimum Gasteiger partial charge on any atom is -0.374 e. The van der Waals surface area contributed by atoms with E-state index in [4.69, 9.17) is 4.74 Å². The lowest BCUT2D eigenvalue weighted by Gasteiger charge is -2.10. The van der Waals surface area contributed by atoms with E-state index in [1.165, 1.54) is 43.0 Å². The van der Waals surface area contributed by atoms with Crippen molar-refractivity contribution >= 4 is 22.6 Å². The summed E-state index contributed by atoms with van der Waals surface area (Å²) in [6.07, 6.45) is 9.10. The molecule has 1 fully saturated rings. The van der Waals surface area contributed by atoms with E-state index in [2.05, 4.69) is 29.5 Å². The van der Waals surface area contributed by atoms with Gasteiger partial charge in [-0.2, -0.15) is 0 Å². The lowest BCUT2D eigenvalue weighted by molar-refractivity contribution is 0.0534. The van der Waals surface area contributed by atoms with E-state index in [1.807, 2.05) is 0 Å². The van der Waals surface area contributed by atoms with Crippen LogP contribution in [-0.2, 0) is 4.74 Å². The molecule has 0 aromatic rings. The predicted molar refractivity (Wildman–Crippen MR) is 60.9 cm³/mol. The van der Waals surface area contributed by atoms with Crippen molar-refractivity contribution in [2.45, 2.75) is 57.7 Å². The van der Waals surface area contributed by atoms with Crippen LogP contribution >= 0.6 is 22.6 Å². The SMILES string of the molecule is CCCCCC1CCC(CI)O1. The highest BCUT2D eigenvalue weighted by Gasteiger charge is 2.23. The normalized spacial score (nSPS) is 29.5. The molecule has 2 heteroatoms. The number of alkyl halides is 1. The summed E-state index contributed by atoms with van der Waals surface area (Å²) >= 11 is 2.42. The van der Waals surface area contributed by atoms with Gasteiger partial charge >= 0.3 is 0 Å². The van der Waals surface area contributed by atoms with Crippen LogP contribution in [0, 0.1) is 0 Å². The van der Waals surface area contributed by atoms with Crippen molar-refractivity contribution in [1.82, 2.24) is 0 Å². The average Bonchev–Trinajstić information content (AvgIpc) is 2.53. The van der Waals surface area contributed by atoms with Gasteiger partial charge in [-0.3, -0.25) is 0 Å². The summed E-state index contributed by atoms with van der Waals surface area (Å²) in [6.45, 7) is 2.25. The first-order chi connectivity index (χ1) is 5.86. The van der Waals surface area contributed by atoms with Crippen LogP contribution < -0.4 is 0 Å². The van der Waals surface area contributed by atoms with Crippen molar-refractivity contribution < 1.29 is 4.74 Å². The molecule has 0 N–H and O–H groups in total. The Hall–Kier alpha value is 0.690. The molecule has 1 nitrogen and oxygen atoms in total. The highest BCUT2D eigenvalue weighted by Crippen LogP contribution is 2.24. The molecule has 0 radical (unpaired) electrons. The number of ether oxygens (including phenoxy) is 1. The molecule has 2 atom stereocenters. The van der Waals surface area contributed by atoms with Crippen molar-refractivity contribution in [2.75, 3.05) is 4.43 Å². The Morgan fingerprint density at radius 2 is 2.00 bits per heavy atom. The first kappa shape index (κ1) is 10.8. The molecule has 0 amide bonds. The van der Waals surface area contributed by atoms with Gasteiger partial charge in [-0.15, -0.1) is 0 Å². The molecule has 0 spiro atoms. The molecule has 0 aromatic heterocycles. The minimum atomic E-state index is 0.567. The van der Waals surface area contributed by atoms with Gasteiger partial charge in [0, 0.05) is 4.43 Å². The standard InChI is InChI=1S/C10H19IO/c1-2-3-4-5-9-6-7-10(8-11)12-9/h9-10H,2-8H2,1H3. The van der Waals surface area contributed by atoms with Crippen LogP contribution in [0.5, 0.6) is 0 Å². The number of rotatable bonds is 5. The highest BCUT2D eigenvalue weighted by atomic mass is 127. The third kappa shape index (κ3) is 3.60. The van der Waals surface area contributed by atoms with Crippen LogP contribution in [0.3, 0.4) is 0 Å². The molecule has 1 rings (SSSR count). The summed E-state index contributed by atoms with van der Waals surface area (Å²) in [5, 5.41) is 0. The van der Waals surface area contributed by atoms with Crippen molar-refractivity contribution in [1.29, 1.82) is 0 Å².